The van der Waals surface area contributed by atoms with Crippen molar-refractivity contribution in [1.82, 2.24) is 4.98 Å². The molecule has 0 aliphatic carbocycles. The minimum atomic E-state index is -4.92. The van der Waals surface area contributed by atoms with Crippen molar-refractivity contribution in [2.75, 3.05) is 36.2 Å². The van der Waals surface area contributed by atoms with Gasteiger partial charge in [0, 0.05) is 24.7 Å². The number of nitrogens with zero attached hydrogens (tertiary/aromatic N) is 2. The van der Waals surface area contributed by atoms with Crippen LogP contribution in [0.25, 0.3) is 0 Å². The molecule has 2 aromatic rings. The highest BCUT2D eigenvalue weighted by Crippen LogP contribution is 2.40. The molecule has 15 heteroatoms. The van der Waals surface area contributed by atoms with Gasteiger partial charge in [0.15, 0.2) is 6.10 Å². The monoisotopic (exact) mass is 530 g/mol. The number of carbonyl (C=O) groups excluding carboxylic acids is 1. The summed E-state index contributed by atoms with van der Waals surface area (Å²) in [5, 5.41) is 1.39. The van der Waals surface area contributed by atoms with Crippen molar-refractivity contribution in [2.45, 2.75) is 23.5 Å². The van der Waals surface area contributed by atoms with E-state index in [9.17, 15) is 35.3 Å². The molecule has 1 fully saturated rings. The lowest BCUT2D eigenvalue weighted by Gasteiger charge is -2.36. The number of aromatic nitrogens is 1. The molecule has 1 aromatic heterocycles. The lowest BCUT2D eigenvalue weighted by molar-refractivity contribution is -0.221. The number of amides is 1. The number of pyridine rings is 1. The van der Waals surface area contributed by atoms with Crippen LogP contribution in [0.15, 0.2) is 35.5 Å². The molecule has 1 saturated heterocycles. The van der Waals surface area contributed by atoms with Gasteiger partial charge in [0.05, 0.1) is 44.7 Å². The summed E-state index contributed by atoms with van der Waals surface area (Å²) in [6.07, 6.45) is -9.69. The number of hydrogen-bond acceptors (Lipinski definition) is 6. The maximum Gasteiger partial charge on any atom is 0.417 e. The number of alkyl halides is 6. The van der Waals surface area contributed by atoms with Crippen molar-refractivity contribution in [3.8, 4) is 0 Å². The molecular weight excluding hydrogens is 514 g/mol. The van der Waals surface area contributed by atoms with E-state index in [4.69, 9.17) is 16.4 Å². The van der Waals surface area contributed by atoms with E-state index >= 15 is 0 Å². The number of benzene rings is 1. The summed E-state index contributed by atoms with van der Waals surface area (Å²) in [6, 6.07) is 3.68. The quantitative estimate of drug-likeness (QED) is 0.553. The third-order valence-electron chi connectivity index (χ3n) is 4.80. The summed E-state index contributed by atoms with van der Waals surface area (Å²) in [5.74, 6) is -0.981. The Balaban J connectivity index is 2.04. The number of halogens is 7. The Kier molecular flexibility index (Phi) is 7.06. The Morgan fingerprint density at radius 3 is 2.53 bits per heavy atom. The van der Waals surface area contributed by atoms with Crippen LogP contribution in [0.2, 0.25) is 5.02 Å². The zero-order valence-electron chi connectivity index (χ0n) is 17.3. The number of rotatable bonds is 4. The summed E-state index contributed by atoms with van der Waals surface area (Å²) in [4.78, 5) is 17.7. The highest BCUT2D eigenvalue weighted by atomic mass is 35.5. The van der Waals surface area contributed by atoms with Crippen LogP contribution in [0.5, 0.6) is 0 Å². The molecule has 3 rings (SSSR count). The maximum absolute atomic E-state index is 13.4. The highest BCUT2D eigenvalue weighted by molar-refractivity contribution is 7.91. The van der Waals surface area contributed by atoms with Gasteiger partial charge in [0.1, 0.15) is 5.03 Å². The van der Waals surface area contributed by atoms with E-state index in [1.807, 2.05) is 0 Å². The predicted molar refractivity (Wildman–Crippen MR) is 112 cm³/mol. The van der Waals surface area contributed by atoms with Crippen LogP contribution >= 0.6 is 11.6 Å². The van der Waals surface area contributed by atoms with E-state index in [2.05, 4.69) is 15.0 Å². The third-order valence-corrected chi connectivity index (χ3v) is 6.13. The second-order valence-electron chi connectivity index (χ2n) is 7.37. The average molecular weight is 531 g/mol. The van der Waals surface area contributed by atoms with Crippen LogP contribution in [0, 0.1) is 4.78 Å². The molecule has 2 atom stereocenters. The van der Waals surface area contributed by atoms with Crippen LogP contribution in [-0.2, 0) is 20.6 Å². The topological polar surface area (TPSA) is 95.4 Å². The fraction of sp³-hybridized carbons (Fsp3) is 0.368. The summed E-state index contributed by atoms with van der Waals surface area (Å²) in [6.45, 7) is -1.47. The molecule has 1 aliphatic heterocycles. The van der Waals surface area contributed by atoms with Gasteiger partial charge >= 0.3 is 12.4 Å². The molecule has 0 bridgehead atoms. The lowest BCUT2D eigenvalue weighted by atomic mass is 10.0. The van der Waals surface area contributed by atoms with E-state index in [-0.39, 0.29) is 17.3 Å². The van der Waals surface area contributed by atoms with Crippen molar-refractivity contribution in [3.63, 3.8) is 0 Å². The molecule has 34 heavy (non-hydrogen) atoms. The van der Waals surface area contributed by atoms with Crippen molar-refractivity contribution < 1.29 is 40.1 Å². The van der Waals surface area contributed by atoms with Gasteiger partial charge in [-0.2, -0.15) is 26.3 Å². The first-order valence-corrected chi connectivity index (χ1v) is 11.8. The van der Waals surface area contributed by atoms with E-state index in [1.54, 1.807) is 0 Å². The van der Waals surface area contributed by atoms with Gasteiger partial charge in [-0.3, -0.25) is 4.79 Å². The van der Waals surface area contributed by atoms with Gasteiger partial charge in [-0.15, -0.1) is 0 Å². The fourth-order valence-corrected chi connectivity index (χ4v) is 4.07. The van der Waals surface area contributed by atoms with Crippen LogP contribution < -0.4 is 10.2 Å². The van der Waals surface area contributed by atoms with E-state index in [0.29, 0.717) is 6.07 Å². The molecule has 1 aliphatic rings. The molecule has 0 saturated carbocycles. The number of nitrogens with one attached hydrogen (secondary N) is 2. The Hall–Kier alpha value is -2.58. The van der Waals surface area contributed by atoms with E-state index < -0.39 is 69.1 Å². The minimum absolute atomic E-state index is 0.0222. The first kappa shape index (κ1) is 26.0. The number of ether oxygens (including phenoxy) is 1. The van der Waals surface area contributed by atoms with Crippen molar-refractivity contribution in [2.24, 2.45) is 0 Å². The molecule has 2 N–H and O–H groups in total. The lowest BCUT2D eigenvalue weighted by Crippen LogP contribution is -2.49. The van der Waals surface area contributed by atoms with Gasteiger partial charge < -0.3 is 15.0 Å². The van der Waals surface area contributed by atoms with Gasteiger partial charge in [0.2, 0.25) is 0 Å². The normalized spacial score (nSPS) is 18.9. The van der Waals surface area contributed by atoms with Gasteiger partial charge in [0.25, 0.3) is 5.91 Å². The fourth-order valence-electron chi connectivity index (χ4n) is 3.19. The number of anilines is 2. The van der Waals surface area contributed by atoms with Crippen LogP contribution in [0.1, 0.15) is 15.9 Å². The van der Waals surface area contributed by atoms with E-state index in [1.165, 1.54) is 12.3 Å². The Morgan fingerprint density at radius 1 is 1.26 bits per heavy atom. The predicted octanol–water partition coefficient (Wildman–Crippen LogP) is 4.81. The smallest absolute Gasteiger partial charge is 0.366 e. The van der Waals surface area contributed by atoms with Crippen molar-refractivity contribution in [1.29, 1.82) is 4.78 Å². The zero-order valence-corrected chi connectivity index (χ0v) is 18.8. The third kappa shape index (κ3) is 5.91. The summed E-state index contributed by atoms with van der Waals surface area (Å²) in [7, 11) is -3.24. The van der Waals surface area contributed by atoms with Crippen LogP contribution in [0.3, 0.4) is 0 Å². The van der Waals surface area contributed by atoms with Gasteiger partial charge in [-0.1, -0.05) is 11.6 Å². The first-order chi connectivity index (χ1) is 15.6. The van der Waals surface area contributed by atoms with E-state index in [0.717, 1.165) is 23.3 Å². The molecule has 2 heterocycles. The molecule has 1 amide bonds. The SMILES string of the molecule is CS(=N)(=O)c1cc(NC(=O)c2cc(Cl)c(C(F)(F)F)cc2N2CCO[C@@H](C(F)(F)F)C2)ccn1. The molecule has 1 unspecified atom stereocenters. The molecule has 7 nitrogen and oxygen atoms in total. The van der Waals surface area contributed by atoms with Crippen LogP contribution in [0.4, 0.5) is 37.7 Å². The first-order valence-electron chi connectivity index (χ1n) is 9.42. The number of carbonyl (C=O) groups is 1. The maximum atomic E-state index is 13.4. The zero-order chi connectivity index (χ0) is 25.5. The van der Waals surface area contributed by atoms with Crippen molar-refractivity contribution in [3.05, 3.63) is 46.6 Å². The second-order valence-corrected chi connectivity index (χ2v) is 9.89. The Morgan fingerprint density at radius 2 is 1.94 bits per heavy atom. The molecular formula is C19H17ClF6N4O3S. The van der Waals surface area contributed by atoms with Gasteiger partial charge in [-0.25, -0.2) is 14.0 Å². The summed E-state index contributed by atoms with van der Waals surface area (Å²) < 4.78 is 104. The highest BCUT2D eigenvalue weighted by Gasteiger charge is 2.44. The molecule has 0 radical (unpaired) electrons. The second kappa shape index (κ2) is 9.23. The van der Waals surface area contributed by atoms with Crippen LogP contribution in [-0.4, -0.2) is 53.3 Å². The number of morpholine rings is 1. The van der Waals surface area contributed by atoms with Crippen molar-refractivity contribution >= 4 is 38.6 Å². The summed E-state index contributed by atoms with van der Waals surface area (Å²) in [5.41, 5.74) is -2.13. The largest absolute Gasteiger partial charge is 0.417 e. The molecule has 0 spiro atoms. The number of hydrogen-bond donors (Lipinski definition) is 2. The Labute approximate surface area is 195 Å². The van der Waals surface area contributed by atoms with Gasteiger partial charge in [-0.05, 0) is 24.3 Å². The molecule has 1 aromatic carbocycles. The molecule has 186 valence electrons. The standard InChI is InChI=1S/C19H17ClF6N4O3S/c1-34(27,32)16-6-10(2-3-28-16)29-17(31)11-7-13(20)12(18(21,22)23)8-14(11)30-4-5-33-15(9-30)19(24,25)26/h2-3,6-8,15,27H,4-5,9H2,1H3,(H,28,29,31)/t15-,34?/m1/s1. The minimum Gasteiger partial charge on any atom is -0.366 e. The summed E-state index contributed by atoms with van der Waals surface area (Å²) >= 11 is 5.76. The average Bonchev–Trinajstić information content (AvgIpc) is 2.71. The Bertz CT molecular complexity index is 1200.